The van der Waals surface area contributed by atoms with E-state index in [1.54, 1.807) is 6.07 Å². The van der Waals surface area contributed by atoms with Crippen molar-refractivity contribution in [3.05, 3.63) is 59.9 Å². The lowest BCUT2D eigenvalue weighted by atomic mass is 10.0. The SMILES string of the molecule is Fc1ccccc1-c1[nH]c2ccccc2c1CCC1=NCCN1. The Morgan fingerprint density at radius 2 is 1.83 bits per heavy atom. The summed E-state index contributed by atoms with van der Waals surface area (Å²) in [4.78, 5) is 7.85. The number of aryl methyl sites for hydroxylation is 1. The summed E-state index contributed by atoms with van der Waals surface area (Å²) in [6.07, 6.45) is 1.68. The molecule has 4 heteroatoms. The van der Waals surface area contributed by atoms with Crippen LogP contribution in [-0.2, 0) is 6.42 Å². The van der Waals surface area contributed by atoms with Crippen molar-refractivity contribution in [2.45, 2.75) is 12.8 Å². The van der Waals surface area contributed by atoms with E-state index in [9.17, 15) is 4.39 Å². The van der Waals surface area contributed by atoms with Gasteiger partial charge in [-0.15, -0.1) is 0 Å². The van der Waals surface area contributed by atoms with Gasteiger partial charge in [-0.1, -0.05) is 30.3 Å². The molecule has 1 aromatic heterocycles. The van der Waals surface area contributed by atoms with Gasteiger partial charge in [0, 0.05) is 29.4 Å². The number of nitrogens with zero attached hydrogens (tertiary/aromatic N) is 1. The summed E-state index contributed by atoms with van der Waals surface area (Å²) in [5, 5.41) is 4.46. The number of aliphatic imine (C=N–C) groups is 1. The molecule has 2 heterocycles. The van der Waals surface area contributed by atoms with Gasteiger partial charge in [0.15, 0.2) is 0 Å². The Kier molecular flexibility index (Phi) is 3.58. The van der Waals surface area contributed by atoms with E-state index in [1.165, 1.54) is 6.07 Å². The lowest BCUT2D eigenvalue weighted by molar-refractivity contribution is 0.630. The average molecular weight is 307 g/mol. The molecule has 3 aromatic rings. The van der Waals surface area contributed by atoms with E-state index in [1.807, 2.05) is 30.3 Å². The number of rotatable bonds is 4. The number of halogens is 1. The van der Waals surface area contributed by atoms with E-state index < -0.39 is 0 Å². The Bertz CT molecular complexity index is 879. The Labute approximate surface area is 134 Å². The van der Waals surface area contributed by atoms with Crippen LogP contribution in [0.1, 0.15) is 12.0 Å². The standard InChI is InChI=1S/C19H18FN3/c20-16-7-3-1-6-15(16)19-14(9-10-18-21-11-12-22-18)13-5-2-4-8-17(13)23-19/h1-8,23H,9-12H2,(H,21,22). The van der Waals surface area contributed by atoms with Gasteiger partial charge in [-0.25, -0.2) is 4.39 Å². The number of benzene rings is 2. The predicted octanol–water partition coefficient (Wildman–Crippen LogP) is 3.91. The second-order valence-electron chi connectivity index (χ2n) is 5.76. The number of aromatic nitrogens is 1. The maximum absolute atomic E-state index is 14.3. The van der Waals surface area contributed by atoms with Crippen LogP contribution in [0, 0.1) is 5.82 Å². The van der Waals surface area contributed by atoms with Crippen molar-refractivity contribution < 1.29 is 4.39 Å². The fourth-order valence-corrected chi connectivity index (χ4v) is 3.21. The Balaban J connectivity index is 1.79. The van der Waals surface area contributed by atoms with E-state index in [-0.39, 0.29) is 5.82 Å². The van der Waals surface area contributed by atoms with Gasteiger partial charge >= 0.3 is 0 Å². The van der Waals surface area contributed by atoms with Crippen LogP contribution >= 0.6 is 0 Å². The average Bonchev–Trinajstić information content (AvgIpc) is 3.21. The number of aromatic amines is 1. The Morgan fingerprint density at radius 1 is 1.00 bits per heavy atom. The first-order chi connectivity index (χ1) is 11.3. The van der Waals surface area contributed by atoms with E-state index >= 15 is 0 Å². The summed E-state index contributed by atoms with van der Waals surface area (Å²) >= 11 is 0. The van der Waals surface area contributed by atoms with Gasteiger partial charge in [0.2, 0.25) is 0 Å². The summed E-state index contributed by atoms with van der Waals surface area (Å²) in [6.45, 7) is 1.77. The van der Waals surface area contributed by atoms with Crippen molar-refractivity contribution >= 4 is 16.7 Å². The molecule has 0 spiro atoms. The Hall–Kier alpha value is -2.62. The van der Waals surface area contributed by atoms with E-state index in [4.69, 9.17) is 0 Å². The minimum atomic E-state index is -0.198. The third kappa shape index (κ3) is 2.61. The molecule has 0 atom stereocenters. The number of fused-ring (bicyclic) bond motifs is 1. The molecule has 1 aliphatic heterocycles. The Morgan fingerprint density at radius 3 is 2.65 bits per heavy atom. The largest absolute Gasteiger partial charge is 0.372 e. The van der Waals surface area contributed by atoms with Gasteiger partial charge in [0.05, 0.1) is 18.1 Å². The number of para-hydroxylation sites is 1. The number of hydrogen-bond donors (Lipinski definition) is 2. The topological polar surface area (TPSA) is 40.2 Å². The van der Waals surface area contributed by atoms with Gasteiger partial charge in [0.1, 0.15) is 5.82 Å². The molecule has 4 rings (SSSR count). The molecular weight excluding hydrogens is 289 g/mol. The molecule has 3 nitrogen and oxygen atoms in total. The highest BCUT2D eigenvalue weighted by Gasteiger charge is 2.16. The van der Waals surface area contributed by atoms with Crippen LogP contribution in [0.3, 0.4) is 0 Å². The molecule has 0 fully saturated rings. The highest BCUT2D eigenvalue weighted by atomic mass is 19.1. The summed E-state index contributed by atoms with van der Waals surface area (Å²) < 4.78 is 14.3. The van der Waals surface area contributed by atoms with Crippen LogP contribution in [-0.4, -0.2) is 23.9 Å². The van der Waals surface area contributed by atoms with Crippen molar-refractivity contribution in [3.8, 4) is 11.3 Å². The summed E-state index contributed by atoms with van der Waals surface area (Å²) in [7, 11) is 0. The molecule has 0 bridgehead atoms. The first-order valence-electron chi connectivity index (χ1n) is 7.94. The van der Waals surface area contributed by atoms with E-state index in [0.717, 1.165) is 53.9 Å². The summed E-state index contributed by atoms with van der Waals surface area (Å²) in [5.41, 5.74) is 3.70. The van der Waals surface area contributed by atoms with Crippen LogP contribution < -0.4 is 5.32 Å². The zero-order valence-electron chi connectivity index (χ0n) is 12.8. The molecule has 1 aliphatic rings. The molecule has 0 aliphatic carbocycles. The van der Waals surface area contributed by atoms with Crippen LogP contribution in [0.4, 0.5) is 4.39 Å². The van der Waals surface area contributed by atoms with Crippen LogP contribution in [0.2, 0.25) is 0 Å². The van der Waals surface area contributed by atoms with Gasteiger partial charge in [-0.2, -0.15) is 0 Å². The summed E-state index contributed by atoms with van der Waals surface area (Å²) in [6, 6.07) is 15.1. The molecule has 116 valence electrons. The molecule has 2 N–H and O–H groups in total. The lowest BCUT2D eigenvalue weighted by Crippen LogP contribution is -2.18. The molecule has 0 unspecified atom stereocenters. The number of hydrogen-bond acceptors (Lipinski definition) is 2. The number of amidine groups is 1. The van der Waals surface area contributed by atoms with Crippen molar-refractivity contribution in [3.63, 3.8) is 0 Å². The second kappa shape index (κ2) is 5.88. The summed E-state index contributed by atoms with van der Waals surface area (Å²) in [5.74, 6) is 0.853. The number of H-pyrrole nitrogens is 1. The first kappa shape index (κ1) is 14.0. The van der Waals surface area contributed by atoms with Crippen molar-refractivity contribution in [2.24, 2.45) is 4.99 Å². The molecular formula is C19H18FN3. The third-order valence-corrected chi connectivity index (χ3v) is 4.31. The van der Waals surface area contributed by atoms with Crippen LogP contribution in [0.25, 0.3) is 22.2 Å². The molecule has 0 amide bonds. The monoisotopic (exact) mass is 307 g/mol. The predicted molar refractivity (Wildman–Crippen MR) is 92.3 cm³/mol. The van der Waals surface area contributed by atoms with Crippen LogP contribution in [0.5, 0.6) is 0 Å². The van der Waals surface area contributed by atoms with Crippen LogP contribution in [0.15, 0.2) is 53.5 Å². The lowest BCUT2D eigenvalue weighted by Gasteiger charge is -2.07. The van der Waals surface area contributed by atoms with Gasteiger partial charge in [0.25, 0.3) is 0 Å². The normalized spacial score (nSPS) is 14.0. The maximum Gasteiger partial charge on any atom is 0.132 e. The number of nitrogens with one attached hydrogen (secondary N) is 2. The smallest absolute Gasteiger partial charge is 0.132 e. The molecule has 0 saturated carbocycles. The molecule has 0 saturated heterocycles. The quantitative estimate of drug-likeness (QED) is 0.754. The molecule has 23 heavy (non-hydrogen) atoms. The minimum absolute atomic E-state index is 0.198. The zero-order chi connectivity index (χ0) is 15.6. The third-order valence-electron chi connectivity index (χ3n) is 4.31. The van der Waals surface area contributed by atoms with Crippen molar-refractivity contribution in [1.29, 1.82) is 0 Å². The van der Waals surface area contributed by atoms with Crippen molar-refractivity contribution in [2.75, 3.05) is 13.1 Å². The highest BCUT2D eigenvalue weighted by Crippen LogP contribution is 2.32. The van der Waals surface area contributed by atoms with E-state index in [0.29, 0.717) is 5.56 Å². The van der Waals surface area contributed by atoms with E-state index in [2.05, 4.69) is 21.4 Å². The van der Waals surface area contributed by atoms with Gasteiger partial charge in [-0.3, -0.25) is 4.99 Å². The fourth-order valence-electron chi connectivity index (χ4n) is 3.21. The molecule has 2 aromatic carbocycles. The second-order valence-corrected chi connectivity index (χ2v) is 5.76. The highest BCUT2D eigenvalue weighted by molar-refractivity contribution is 5.92. The first-order valence-corrected chi connectivity index (χ1v) is 7.94. The van der Waals surface area contributed by atoms with Gasteiger partial charge < -0.3 is 10.3 Å². The van der Waals surface area contributed by atoms with Gasteiger partial charge in [-0.05, 0) is 30.2 Å². The molecule has 0 radical (unpaired) electrons. The van der Waals surface area contributed by atoms with Crippen molar-refractivity contribution in [1.82, 2.24) is 10.3 Å². The minimum Gasteiger partial charge on any atom is -0.372 e. The fraction of sp³-hybridized carbons (Fsp3) is 0.211. The zero-order valence-corrected chi connectivity index (χ0v) is 12.8. The maximum atomic E-state index is 14.3.